The second-order valence-electron chi connectivity index (χ2n) is 23.1. The molecule has 7 atom stereocenters. The average molecular weight is 1420 g/mol. The number of H-pyrrole nitrogens is 2. The number of nitrogens with one attached hydrogen (secondary N) is 11. The smallest absolute Gasteiger partial charge is 0.480 e. The third-order valence-electron chi connectivity index (χ3n) is 15.7. The molecule has 0 radical (unpaired) electrons. The van der Waals surface area contributed by atoms with Crippen molar-refractivity contribution in [3.8, 4) is 0 Å². The molecule has 1 aliphatic heterocycles. The van der Waals surface area contributed by atoms with Crippen LogP contribution in [0.25, 0.3) is 10.9 Å². The summed E-state index contributed by atoms with van der Waals surface area (Å²) in [5.41, 5.74) is 19.4. The molecule has 0 aliphatic carbocycles. The van der Waals surface area contributed by atoms with Crippen LogP contribution in [-0.4, -0.2) is 199 Å². The van der Waals surface area contributed by atoms with Crippen molar-refractivity contribution in [3.63, 3.8) is 0 Å². The number of rotatable bonds is 30. The number of carboxylic acid groups (broad SMARTS) is 2. The number of guanidine groups is 1. The van der Waals surface area contributed by atoms with Gasteiger partial charge in [-0.25, -0.2) is 14.6 Å². The summed E-state index contributed by atoms with van der Waals surface area (Å²) in [7, 11) is 0. The number of hydrogen-bond donors (Lipinski definition) is 16. The van der Waals surface area contributed by atoms with E-state index in [1.165, 1.54) is 29.6 Å². The van der Waals surface area contributed by atoms with E-state index in [9.17, 15) is 63.0 Å². The maximum Gasteiger partial charge on any atom is 7.00 e. The van der Waals surface area contributed by atoms with E-state index >= 15 is 0 Å². The number of nitrogens with two attached hydrogens (primary N) is 3. The molecule has 0 unspecified atom stereocenters. The molecule has 0 saturated carbocycles. The van der Waals surface area contributed by atoms with Crippen molar-refractivity contribution in [1.82, 2.24) is 77.5 Å². The standard InChI is InChI=1S/C63H89N19O13.Tc/c1-2-3-16-45(74-53(84)21-25-69-52(83)20-12-26-81(27-22-64)28-29-82-37-41(35-73-82)61(92)93)55(86)80-51-33-54(85)68-23-10-9-18-47(62(94)95)76-58(89)49(31-40-34-71-44-17-8-7-15-43(40)44)78-56(87)46(19-11-24-70-63(65)66)75-57(88)48(30-39-13-5-4-6-14-39)77-59(90)50(79-60(51)91)32-42-36-67-38-72-42;/h4-8,13-15,17,34-38,45-51,71H,2-3,9-12,16,18-33,64H2,1H3,(H,67,72)(H,68,85)(H,69,83)(H,74,84)(H,75,88)(H,76,89)(H,77,90)(H,78,87)(H,79,91)(H,80,86)(H,92,93)(H,94,95)(H4,65,66,70);/q;+7/t45-,46-,47-,48+,49-,50-,51-;/m0./s1/i;1+1. The minimum atomic E-state index is -1.71. The third-order valence-corrected chi connectivity index (χ3v) is 15.7. The first-order valence-corrected chi connectivity index (χ1v) is 31.9. The number of hydrogen-bond acceptors (Lipinski definition) is 16. The molecular formula is C63H89N19O13Tc+7. The number of aromatic carboxylic acids is 1. The Labute approximate surface area is 568 Å². The van der Waals surface area contributed by atoms with Crippen molar-refractivity contribution in [1.29, 1.82) is 0 Å². The van der Waals surface area contributed by atoms with Crippen LogP contribution >= 0.6 is 0 Å². The molecule has 33 heteroatoms. The van der Waals surface area contributed by atoms with Crippen molar-refractivity contribution in [2.45, 2.75) is 152 Å². The average Bonchev–Trinajstić information content (AvgIpc) is 1.60. The van der Waals surface area contributed by atoms with Crippen LogP contribution in [0.5, 0.6) is 0 Å². The first-order valence-electron chi connectivity index (χ1n) is 31.9. The molecule has 9 amide bonds. The van der Waals surface area contributed by atoms with E-state index in [0.717, 1.165) is 10.9 Å². The maximum atomic E-state index is 14.9. The van der Waals surface area contributed by atoms with Crippen LogP contribution in [0.15, 0.2) is 90.7 Å². The Hall–Kier alpha value is -9.59. The molecule has 96 heavy (non-hydrogen) atoms. The third kappa shape index (κ3) is 26.3. The Morgan fingerprint density at radius 2 is 1.45 bits per heavy atom. The Morgan fingerprint density at radius 1 is 0.760 bits per heavy atom. The second-order valence-corrected chi connectivity index (χ2v) is 23.1. The van der Waals surface area contributed by atoms with Crippen molar-refractivity contribution >= 4 is 82.0 Å². The van der Waals surface area contributed by atoms with Gasteiger partial charge in [-0.2, -0.15) is 5.10 Å². The van der Waals surface area contributed by atoms with Gasteiger partial charge in [0.1, 0.15) is 42.3 Å². The van der Waals surface area contributed by atoms with Gasteiger partial charge in [0.05, 0.1) is 31.1 Å². The van der Waals surface area contributed by atoms with Crippen LogP contribution in [0, 0.1) is 0 Å². The van der Waals surface area contributed by atoms with Crippen LogP contribution in [-0.2, 0) is 93.9 Å². The number of benzene rings is 2. The van der Waals surface area contributed by atoms with Gasteiger partial charge in [0, 0.05) is 107 Å². The number of carboxylic acids is 2. The van der Waals surface area contributed by atoms with Crippen LogP contribution in [0.3, 0.4) is 0 Å². The van der Waals surface area contributed by atoms with E-state index in [1.807, 2.05) is 30.0 Å². The van der Waals surface area contributed by atoms with Crippen LogP contribution in [0.2, 0.25) is 0 Å². The SMILES string of the molecule is CCCC[C@H](NC(=O)CCNC(=O)CCCN(CCN)CCn1cc(C(=O)O)cn1)C(=O)N[C@H]1CC(=O)NCCCC[C@@H](C(=O)O)NC(=O)[C@H](Cc2c[nH]c3ccccc23)NC(=O)[C@H](CCCN=C(N)N)NC(=O)[C@@H](Cc2ccccc2)NC(=O)[C@H](Cc2cnc[nH]2)NC1=O.[99Tc+7]. The number of unbranched alkanes of at least 4 members (excludes halogenated alkanes) is 1. The number of carbonyl (C=O) groups is 11. The monoisotopic (exact) mass is 1420 g/mol. The zero-order valence-electron chi connectivity index (χ0n) is 53.6. The van der Waals surface area contributed by atoms with Gasteiger partial charge in [-0.1, -0.05) is 68.3 Å². The van der Waals surface area contributed by atoms with Gasteiger partial charge in [-0.3, -0.25) is 52.8 Å². The van der Waals surface area contributed by atoms with Gasteiger partial charge >= 0.3 is 32.0 Å². The molecule has 3 aromatic heterocycles. The van der Waals surface area contributed by atoms with E-state index in [1.54, 1.807) is 42.6 Å². The molecule has 1 aliphatic rings. The van der Waals surface area contributed by atoms with Crippen molar-refractivity contribution in [2.24, 2.45) is 22.2 Å². The van der Waals surface area contributed by atoms with Gasteiger partial charge < -0.3 is 90.1 Å². The molecule has 0 bridgehead atoms. The quantitative estimate of drug-likeness (QED) is 0.0141. The summed E-state index contributed by atoms with van der Waals surface area (Å²) in [5, 5.41) is 48.6. The Bertz CT molecular complexity index is 3400. The summed E-state index contributed by atoms with van der Waals surface area (Å²) in [6.45, 7) is 4.02. The van der Waals surface area contributed by atoms with Gasteiger partial charge in [0.25, 0.3) is 0 Å². The van der Waals surface area contributed by atoms with Crippen LogP contribution in [0.1, 0.15) is 111 Å². The van der Waals surface area contributed by atoms with Crippen molar-refractivity contribution < 1.29 is 83.1 Å². The number of aliphatic imine (C=N–C) groups is 1. The molecule has 32 nitrogen and oxygen atoms in total. The van der Waals surface area contributed by atoms with Crippen molar-refractivity contribution in [3.05, 3.63) is 108 Å². The Kier molecular flexibility index (Phi) is 32.6. The fraction of sp³-hybridized carbons (Fsp3) is 0.492. The number of aromatic nitrogens is 5. The minimum Gasteiger partial charge on any atom is -0.480 e. The van der Waals surface area contributed by atoms with E-state index in [0.29, 0.717) is 68.8 Å². The molecule has 1 saturated heterocycles. The van der Waals surface area contributed by atoms with Gasteiger partial charge in [0.15, 0.2) is 5.96 Å². The molecule has 1 fully saturated rings. The summed E-state index contributed by atoms with van der Waals surface area (Å²) in [5.74, 6) is -9.74. The van der Waals surface area contributed by atoms with Gasteiger partial charge in [0.2, 0.25) is 53.2 Å². The predicted molar refractivity (Wildman–Crippen MR) is 348 cm³/mol. The van der Waals surface area contributed by atoms with E-state index < -0.39 is 108 Å². The molecule has 0 spiro atoms. The summed E-state index contributed by atoms with van der Waals surface area (Å²) in [6.07, 6.45) is 7.50. The summed E-state index contributed by atoms with van der Waals surface area (Å²) < 4.78 is 1.51. The number of aromatic amines is 2. The number of imidazole rings is 1. The summed E-state index contributed by atoms with van der Waals surface area (Å²) in [6, 6.07) is 5.55. The first-order chi connectivity index (χ1) is 45.7. The Morgan fingerprint density at radius 3 is 2.14 bits per heavy atom. The van der Waals surface area contributed by atoms with E-state index in [2.05, 4.69) is 72.9 Å². The number of aliphatic carboxylic acids is 1. The second kappa shape index (κ2) is 40.6. The number of amides is 9. The van der Waals surface area contributed by atoms with Gasteiger partial charge in [-0.05, 0) is 68.7 Å². The summed E-state index contributed by atoms with van der Waals surface area (Å²) in [4.78, 5) is 169. The fourth-order valence-corrected chi connectivity index (χ4v) is 10.6. The molecule has 6 rings (SSSR count). The molecule has 2 aromatic carbocycles. The molecule has 19 N–H and O–H groups in total. The molecule has 514 valence electrons. The zero-order chi connectivity index (χ0) is 68.7. The largest absolute Gasteiger partial charge is 7.00 e. The van der Waals surface area contributed by atoms with Gasteiger partial charge in [-0.15, -0.1) is 0 Å². The predicted octanol–water partition coefficient (Wildman–Crippen LogP) is -1.53. The zero-order valence-corrected chi connectivity index (χ0v) is 55.5. The van der Waals surface area contributed by atoms with E-state index in [-0.39, 0.29) is 128 Å². The van der Waals surface area contributed by atoms with E-state index in [4.69, 9.17) is 17.2 Å². The van der Waals surface area contributed by atoms with Crippen molar-refractivity contribution in [2.75, 3.05) is 45.8 Å². The number of carbonyl (C=O) groups excluding carboxylic acids is 9. The number of fused-ring (bicyclic) bond motifs is 1. The minimum absolute atomic E-state index is 0. The molecular weight excluding hydrogens is 1330 g/mol. The Balaban J connectivity index is 0.0000167. The first kappa shape index (κ1) is 77.1. The van der Waals surface area contributed by atoms with Crippen LogP contribution < -0.4 is 65.1 Å². The molecule has 5 aromatic rings. The van der Waals surface area contributed by atoms with Crippen LogP contribution in [0.4, 0.5) is 0 Å². The maximum absolute atomic E-state index is 14.9. The number of nitrogens with zero attached hydrogens (tertiary/aromatic N) is 5. The molecule has 4 heterocycles. The topological polar surface area (TPSA) is 492 Å². The number of para-hydroxylation sites is 1. The normalized spacial score (nSPS) is 19.0. The summed E-state index contributed by atoms with van der Waals surface area (Å²) >= 11 is 0. The fourth-order valence-electron chi connectivity index (χ4n) is 10.6.